The number of nitrogens with zero attached hydrogens (tertiary/aromatic N) is 2. The molecule has 25 heavy (non-hydrogen) atoms. The standard InChI is InChI=1S/C22H26N2O/c1-23-13-11-19(12-14-23)24(16-17-7-3-2-4-8-17)22(25)21-15-18-9-5-6-10-20(18)21/h2-10,19,21H,11-16H2,1H3. The first kappa shape index (κ1) is 16.3. The van der Waals surface area contributed by atoms with Gasteiger partial charge in [-0.15, -0.1) is 0 Å². The second-order valence-corrected chi connectivity index (χ2v) is 7.44. The third-order valence-corrected chi connectivity index (χ3v) is 5.76. The van der Waals surface area contributed by atoms with Crippen LogP contribution >= 0.6 is 0 Å². The van der Waals surface area contributed by atoms with Crippen molar-refractivity contribution in [2.45, 2.75) is 37.8 Å². The second-order valence-electron chi connectivity index (χ2n) is 7.44. The summed E-state index contributed by atoms with van der Waals surface area (Å²) in [5.74, 6) is 0.372. The van der Waals surface area contributed by atoms with E-state index in [2.05, 4.69) is 65.4 Å². The van der Waals surface area contributed by atoms with Crippen molar-refractivity contribution in [3.8, 4) is 0 Å². The van der Waals surface area contributed by atoms with Crippen LogP contribution in [0.1, 0.15) is 35.4 Å². The molecule has 2 aromatic rings. The van der Waals surface area contributed by atoms with Crippen LogP contribution in [0.15, 0.2) is 54.6 Å². The van der Waals surface area contributed by atoms with Crippen molar-refractivity contribution in [2.75, 3.05) is 20.1 Å². The maximum absolute atomic E-state index is 13.4. The first-order valence-corrected chi connectivity index (χ1v) is 9.33. The minimum absolute atomic E-state index is 0.0552. The molecule has 0 radical (unpaired) electrons. The lowest BCUT2D eigenvalue weighted by atomic mass is 9.76. The molecule has 1 atom stereocenters. The highest BCUT2D eigenvalue weighted by Gasteiger charge is 2.37. The summed E-state index contributed by atoms with van der Waals surface area (Å²) < 4.78 is 0. The van der Waals surface area contributed by atoms with Gasteiger partial charge in [0.05, 0.1) is 5.92 Å². The summed E-state index contributed by atoms with van der Waals surface area (Å²) in [5.41, 5.74) is 3.80. The summed E-state index contributed by atoms with van der Waals surface area (Å²) in [5, 5.41) is 0. The molecule has 1 amide bonds. The number of likely N-dealkylation sites (tertiary alicyclic amines) is 1. The number of hydrogen-bond donors (Lipinski definition) is 0. The Hall–Kier alpha value is -2.13. The van der Waals surface area contributed by atoms with Crippen LogP contribution in [-0.2, 0) is 17.8 Å². The molecular weight excluding hydrogens is 308 g/mol. The Morgan fingerprint density at radius 3 is 2.44 bits per heavy atom. The van der Waals surface area contributed by atoms with E-state index in [1.54, 1.807) is 0 Å². The van der Waals surface area contributed by atoms with Crippen molar-refractivity contribution in [1.82, 2.24) is 9.80 Å². The molecule has 3 nitrogen and oxygen atoms in total. The minimum Gasteiger partial charge on any atom is -0.335 e. The summed E-state index contributed by atoms with van der Waals surface area (Å²) in [4.78, 5) is 17.9. The minimum atomic E-state index is 0.0552. The van der Waals surface area contributed by atoms with E-state index in [0.717, 1.165) is 38.9 Å². The largest absolute Gasteiger partial charge is 0.335 e. The maximum atomic E-state index is 13.4. The molecule has 4 rings (SSSR count). The Morgan fingerprint density at radius 2 is 1.72 bits per heavy atom. The van der Waals surface area contributed by atoms with Crippen molar-refractivity contribution in [3.05, 3.63) is 71.3 Å². The van der Waals surface area contributed by atoms with Gasteiger partial charge in [-0.05, 0) is 56.1 Å². The van der Waals surface area contributed by atoms with Gasteiger partial charge in [0.25, 0.3) is 0 Å². The SMILES string of the molecule is CN1CCC(N(Cc2ccccc2)C(=O)C2Cc3ccccc32)CC1. The Kier molecular flexibility index (Phi) is 4.58. The summed E-state index contributed by atoms with van der Waals surface area (Å²) in [6.07, 6.45) is 3.04. The van der Waals surface area contributed by atoms with Crippen molar-refractivity contribution in [2.24, 2.45) is 0 Å². The van der Waals surface area contributed by atoms with Gasteiger partial charge in [0.15, 0.2) is 0 Å². The monoisotopic (exact) mass is 334 g/mol. The smallest absolute Gasteiger partial charge is 0.231 e. The van der Waals surface area contributed by atoms with Crippen molar-refractivity contribution < 1.29 is 4.79 Å². The van der Waals surface area contributed by atoms with Crippen LogP contribution in [-0.4, -0.2) is 41.9 Å². The summed E-state index contributed by atoms with van der Waals surface area (Å²) in [6.45, 7) is 2.88. The normalized spacial score (nSPS) is 20.6. The molecule has 2 aliphatic rings. The summed E-state index contributed by atoms with van der Waals surface area (Å²) in [6, 6.07) is 19.2. The van der Waals surface area contributed by atoms with Crippen LogP contribution in [0.4, 0.5) is 0 Å². The summed E-state index contributed by atoms with van der Waals surface area (Å²) in [7, 11) is 2.17. The van der Waals surface area contributed by atoms with Crippen LogP contribution in [0.3, 0.4) is 0 Å². The molecule has 1 fully saturated rings. The number of amides is 1. The maximum Gasteiger partial charge on any atom is 0.231 e. The number of benzene rings is 2. The van der Waals surface area contributed by atoms with Gasteiger partial charge < -0.3 is 9.80 Å². The molecule has 1 saturated heterocycles. The highest BCUT2D eigenvalue weighted by atomic mass is 16.2. The quantitative estimate of drug-likeness (QED) is 0.855. The zero-order chi connectivity index (χ0) is 17.2. The van der Waals surface area contributed by atoms with Crippen molar-refractivity contribution in [3.63, 3.8) is 0 Å². The molecule has 1 unspecified atom stereocenters. The average Bonchev–Trinajstić information content (AvgIpc) is 2.62. The van der Waals surface area contributed by atoms with Crippen molar-refractivity contribution in [1.29, 1.82) is 0 Å². The number of fused-ring (bicyclic) bond motifs is 1. The Bertz CT molecular complexity index is 735. The molecule has 0 spiro atoms. The van der Waals surface area contributed by atoms with Crippen LogP contribution < -0.4 is 0 Å². The van der Waals surface area contributed by atoms with Gasteiger partial charge in [0, 0.05) is 12.6 Å². The molecular formula is C22H26N2O. The molecule has 0 bridgehead atoms. The van der Waals surface area contributed by atoms with E-state index in [9.17, 15) is 4.79 Å². The molecule has 0 saturated carbocycles. The molecule has 3 heteroatoms. The van der Waals surface area contributed by atoms with Gasteiger partial charge in [-0.1, -0.05) is 54.6 Å². The first-order chi connectivity index (χ1) is 12.2. The zero-order valence-electron chi connectivity index (χ0n) is 14.9. The average molecular weight is 334 g/mol. The Morgan fingerprint density at radius 1 is 1.04 bits per heavy atom. The second kappa shape index (κ2) is 7.01. The van der Waals surface area contributed by atoms with Crippen LogP contribution in [0.25, 0.3) is 0 Å². The highest BCUT2D eigenvalue weighted by Crippen LogP contribution is 2.37. The van der Waals surface area contributed by atoms with E-state index in [0.29, 0.717) is 11.9 Å². The number of carbonyl (C=O) groups excluding carboxylic acids is 1. The van der Waals surface area contributed by atoms with Crippen molar-refractivity contribution >= 4 is 5.91 Å². The number of hydrogen-bond acceptors (Lipinski definition) is 2. The Balaban J connectivity index is 1.56. The third kappa shape index (κ3) is 3.34. The van der Waals surface area contributed by atoms with Gasteiger partial charge in [-0.25, -0.2) is 0 Å². The van der Waals surface area contributed by atoms with E-state index in [1.165, 1.54) is 16.7 Å². The van der Waals surface area contributed by atoms with E-state index in [1.807, 2.05) is 6.07 Å². The zero-order valence-corrected chi connectivity index (χ0v) is 14.9. The molecule has 1 heterocycles. The molecule has 1 aliphatic carbocycles. The predicted molar refractivity (Wildman–Crippen MR) is 100 cm³/mol. The van der Waals surface area contributed by atoms with Gasteiger partial charge in [-0.3, -0.25) is 4.79 Å². The third-order valence-electron chi connectivity index (χ3n) is 5.76. The topological polar surface area (TPSA) is 23.6 Å². The molecule has 2 aromatic carbocycles. The molecule has 1 aliphatic heterocycles. The lowest BCUT2D eigenvalue weighted by Gasteiger charge is -2.41. The molecule has 0 aromatic heterocycles. The van der Waals surface area contributed by atoms with E-state index >= 15 is 0 Å². The Labute approximate surface area is 150 Å². The fraction of sp³-hybridized carbons (Fsp3) is 0.409. The van der Waals surface area contributed by atoms with Crippen LogP contribution in [0, 0.1) is 0 Å². The predicted octanol–water partition coefficient (Wildman–Crippen LogP) is 3.45. The fourth-order valence-corrected chi connectivity index (χ4v) is 4.15. The number of rotatable bonds is 4. The fourth-order valence-electron chi connectivity index (χ4n) is 4.15. The van der Waals surface area contributed by atoms with E-state index < -0.39 is 0 Å². The number of piperidine rings is 1. The van der Waals surface area contributed by atoms with Gasteiger partial charge in [0.2, 0.25) is 5.91 Å². The highest BCUT2D eigenvalue weighted by molar-refractivity contribution is 5.87. The number of carbonyl (C=O) groups is 1. The first-order valence-electron chi connectivity index (χ1n) is 9.33. The molecule has 0 N–H and O–H groups in total. The van der Waals surface area contributed by atoms with E-state index in [-0.39, 0.29) is 5.92 Å². The van der Waals surface area contributed by atoms with Gasteiger partial charge >= 0.3 is 0 Å². The van der Waals surface area contributed by atoms with Crippen LogP contribution in [0.5, 0.6) is 0 Å². The summed E-state index contributed by atoms with van der Waals surface area (Å²) >= 11 is 0. The van der Waals surface area contributed by atoms with Gasteiger partial charge in [-0.2, -0.15) is 0 Å². The molecule has 130 valence electrons. The van der Waals surface area contributed by atoms with Crippen LogP contribution in [0.2, 0.25) is 0 Å². The van der Waals surface area contributed by atoms with E-state index in [4.69, 9.17) is 0 Å². The van der Waals surface area contributed by atoms with Gasteiger partial charge in [0.1, 0.15) is 0 Å². The lowest BCUT2D eigenvalue weighted by molar-refractivity contribution is -0.137. The lowest BCUT2D eigenvalue weighted by Crippen LogP contribution is -2.49.